The molecule has 1 aliphatic rings. The second kappa shape index (κ2) is 10.5. The van der Waals surface area contributed by atoms with Crippen molar-refractivity contribution in [3.8, 4) is 0 Å². The van der Waals surface area contributed by atoms with E-state index in [-0.39, 0.29) is 26.1 Å². The van der Waals surface area contributed by atoms with Crippen LogP contribution < -0.4 is 5.32 Å². The lowest BCUT2D eigenvalue weighted by Gasteiger charge is -2.38. The molecule has 0 aliphatic heterocycles. The number of halogens is 3. The highest BCUT2D eigenvalue weighted by molar-refractivity contribution is 5.86. The van der Waals surface area contributed by atoms with Crippen molar-refractivity contribution in [1.82, 2.24) is 5.32 Å². The lowest BCUT2D eigenvalue weighted by molar-refractivity contribution is -0.207. The number of carbonyl (C=O) groups is 2. The van der Waals surface area contributed by atoms with Crippen LogP contribution in [0.3, 0.4) is 0 Å². The summed E-state index contributed by atoms with van der Waals surface area (Å²) in [5.74, 6) is -3.16. The van der Waals surface area contributed by atoms with Crippen LogP contribution in [-0.4, -0.2) is 23.8 Å². The van der Waals surface area contributed by atoms with E-state index < -0.39 is 29.7 Å². The number of amides is 1. The van der Waals surface area contributed by atoms with Crippen molar-refractivity contribution in [2.75, 3.05) is 0 Å². The largest absolute Gasteiger partial charge is 0.459 e. The van der Waals surface area contributed by atoms with E-state index in [1.807, 2.05) is 0 Å². The SMILES string of the molecule is O=C(NC1(C(=O)OCc2ccccc2)CCCCCC1C(F)(F)F)OCc1ccccc1. The molecule has 5 nitrogen and oxygen atoms in total. The van der Waals surface area contributed by atoms with E-state index in [0.29, 0.717) is 30.4 Å². The van der Waals surface area contributed by atoms with Crippen LogP contribution in [0.25, 0.3) is 0 Å². The fourth-order valence-electron chi connectivity index (χ4n) is 4.03. The zero-order valence-corrected chi connectivity index (χ0v) is 17.6. The van der Waals surface area contributed by atoms with Crippen molar-refractivity contribution in [2.24, 2.45) is 5.92 Å². The minimum atomic E-state index is -4.69. The summed E-state index contributed by atoms with van der Waals surface area (Å²) in [4.78, 5) is 25.7. The minimum absolute atomic E-state index is 0.126. The Balaban J connectivity index is 1.81. The molecule has 2 aromatic rings. The standard InChI is InChI=1S/C24H26F3NO4/c25-24(26,27)20-14-8-3-9-15-23(20,21(29)31-16-18-10-4-1-5-11-18)28-22(30)32-17-19-12-6-2-7-13-19/h1-2,4-7,10-13,20H,3,8-9,14-17H2,(H,28,30). The topological polar surface area (TPSA) is 64.6 Å². The molecule has 0 heterocycles. The fourth-order valence-corrected chi connectivity index (χ4v) is 4.03. The van der Waals surface area contributed by atoms with E-state index in [9.17, 15) is 22.8 Å². The van der Waals surface area contributed by atoms with Gasteiger partial charge in [-0.05, 0) is 24.0 Å². The summed E-state index contributed by atoms with van der Waals surface area (Å²) in [6, 6.07) is 17.4. The number of nitrogens with one attached hydrogen (secondary N) is 1. The molecule has 172 valence electrons. The number of esters is 1. The summed E-state index contributed by atoms with van der Waals surface area (Å²) in [5.41, 5.74) is -0.923. The van der Waals surface area contributed by atoms with Gasteiger partial charge in [0, 0.05) is 0 Å². The average molecular weight is 449 g/mol. The second-order valence-corrected chi connectivity index (χ2v) is 7.91. The normalized spacial score (nSPS) is 21.3. The van der Waals surface area contributed by atoms with Crippen LogP contribution in [-0.2, 0) is 27.5 Å². The molecule has 2 atom stereocenters. The third kappa shape index (κ3) is 6.02. The Morgan fingerprint density at radius 3 is 2.00 bits per heavy atom. The summed E-state index contributed by atoms with van der Waals surface area (Å²) in [6.45, 7) is -0.314. The molecular formula is C24H26F3NO4. The van der Waals surface area contributed by atoms with Crippen molar-refractivity contribution < 1.29 is 32.2 Å². The van der Waals surface area contributed by atoms with Gasteiger partial charge in [0.2, 0.25) is 0 Å². The van der Waals surface area contributed by atoms with Crippen LogP contribution in [0.1, 0.15) is 43.2 Å². The van der Waals surface area contributed by atoms with Gasteiger partial charge in [-0.2, -0.15) is 13.2 Å². The summed E-state index contributed by atoms with van der Waals surface area (Å²) in [7, 11) is 0. The van der Waals surface area contributed by atoms with Gasteiger partial charge in [0.05, 0.1) is 5.92 Å². The number of alkyl carbamates (subject to hydrolysis) is 1. The molecule has 1 N–H and O–H groups in total. The molecule has 1 saturated carbocycles. The number of ether oxygens (including phenoxy) is 2. The van der Waals surface area contributed by atoms with Gasteiger partial charge >= 0.3 is 18.2 Å². The average Bonchev–Trinajstić information content (AvgIpc) is 3.01. The van der Waals surface area contributed by atoms with Crippen LogP contribution in [0, 0.1) is 5.92 Å². The number of benzene rings is 2. The molecule has 0 spiro atoms. The van der Waals surface area contributed by atoms with Crippen LogP contribution >= 0.6 is 0 Å². The summed E-state index contributed by atoms with van der Waals surface area (Å²) in [6.07, 6.45) is -5.04. The van der Waals surface area contributed by atoms with Crippen molar-refractivity contribution >= 4 is 12.1 Å². The Morgan fingerprint density at radius 2 is 1.44 bits per heavy atom. The Kier molecular flexibility index (Phi) is 7.77. The van der Waals surface area contributed by atoms with Crippen LogP contribution in [0.5, 0.6) is 0 Å². The first-order chi connectivity index (χ1) is 15.3. The van der Waals surface area contributed by atoms with E-state index >= 15 is 0 Å². The molecule has 2 unspecified atom stereocenters. The first-order valence-electron chi connectivity index (χ1n) is 10.6. The van der Waals surface area contributed by atoms with E-state index in [2.05, 4.69) is 5.32 Å². The smallest absolute Gasteiger partial charge is 0.408 e. The molecule has 8 heteroatoms. The minimum Gasteiger partial charge on any atom is -0.459 e. The quantitative estimate of drug-likeness (QED) is 0.465. The number of hydrogen-bond donors (Lipinski definition) is 1. The third-order valence-corrected chi connectivity index (χ3v) is 5.67. The first kappa shape index (κ1) is 23.6. The Hall–Kier alpha value is -3.03. The zero-order valence-electron chi connectivity index (χ0n) is 17.6. The summed E-state index contributed by atoms with van der Waals surface area (Å²) >= 11 is 0. The van der Waals surface area contributed by atoms with Crippen LogP contribution in [0.4, 0.5) is 18.0 Å². The van der Waals surface area contributed by atoms with Gasteiger partial charge in [0.1, 0.15) is 13.2 Å². The molecule has 3 rings (SSSR count). The molecule has 1 amide bonds. The Bertz CT molecular complexity index is 889. The van der Waals surface area contributed by atoms with Gasteiger partial charge < -0.3 is 14.8 Å². The zero-order chi connectivity index (χ0) is 23.0. The second-order valence-electron chi connectivity index (χ2n) is 7.91. The first-order valence-corrected chi connectivity index (χ1v) is 10.6. The molecule has 1 aliphatic carbocycles. The van der Waals surface area contributed by atoms with Gasteiger partial charge in [0.15, 0.2) is 5.54 Å². The fraction of sp³-hybridized carbons (Fsp3) is 0.417. The van der Waals surface area contributed by atoms with Crippen molar-refractivity contribution in [2.45, 2.75) is 57.0 Å². The Morgan fingerprint density at radius 1 is 0.875 bits per heavy atom. The van der Waals surface area contributed by atoms with Crippen LogP contribution in [0.15, 0.2) is 60.7 Å². The number of hydrogen-bond acceptors (Lipinski definition) is 4. The molecule has 0 saturated heterocycles. The van der Waals surface area contributed by atoms with E-state index in [4.69, 9.17) is 9.47 Å². The molecule has 0 radical (unpaired) electrons. The maximum Gasteiger partial charge on any atom is 0.408 e. The monoisotopic (exact) mass is 449 g/mol. The highest BCUT2D eigenvalue weighted by Crippen LogP contribution is 2.44. The van der Waals surface area contributed by atoms with E-state index in [0.717, 1.165) is 0 Å². The molecule has 0 aromatic heterocycles. The molecule has 1 fully saturated rings. The van der Waals surface area contributed by atoms with Gasteiger partial charge in [-0.3, -0.25) is 0 Å². The van der Waals surface area contributed by atoms with Gasteiger partial charge in [0.25, 0.3) is 0 Å². The predicted octanol–water partition coefficient (Wildman–Crippen LogP) is 5.54. The van der Waals surface area contributed by atoms with Crippen LogP contribution in [0.2, 0.25) is 0 Å². The van der Waals surface area contributed by atoms with E-state index in [1.165, 1.54) is 0 Å². The maximum absolute atomic E-state index is 14.0. The lowest BCUT2D eigenvalue weighted by Crippen LogP contribution is -2.63. The summed E-state index contributed by atoms with van der Waals surface area (Å²) in [5, 5.41) is 2.28. The highest BCUT2D eigenvalue weighted by Gasteiger charge is 2.59. The summed E-state index contributed by atoms with van der Waals surface area (Å²) < 4.78 is 52.6. The maximum atomic E-state index is 14.0. The van der Waals surface area contributed by atoms with Gasteiger partial charge in [-0.25, -0.2) is 9.59 Å². The van der Waals surface area contributed by atoms with Gasteiger partial charge in [-0.1, -0.05) is 79.9 Å². The van der Waals surface area contributed by atoms with Crippen molar-refractivity contribution in [1.29, 1.82) is 0 Å². The predicted molar refractivity (Wildman–Crippen MR) is 111 cm³/mol. The highest BCUT2D eigenvalue weighted by atomic mass is 19.4. The molecule has 2 aromatic carbocycles. The van der Waals surface area contributed by atoms with Gasteiger partial charge in [-0.15, -0.1) is 0 Å². The lowest BCUT2D eigenvalue weighted by atomic mass is 9.79. The van der Waals surface area contributed by atoms with Crippen molar-refractivity contribution in [3.05, 3.63) is 71.8 Å². The van der Waals surface area contributed by atoms with Crippen molar-refractivity contribution in [3.63, 3.8) is 0 Å². The molecular weight excluding hydrogens is 423 g/mol. The molecule has 0 bridgehead atoms. The Labute approximate surface area is 184 Å². The van der Waals surface area contributed by atoms with E-state index in [1.54, 1.807) is 60.7 Å². The number of rotatable bonds is 6. The number of alkyl halides is 3. The number of carbonyl (C=O) groups excluding carboxylic acids is 2. The third-order valence-electron chi connectivity index (χ3n) is 5.67. The molecule has 32 heavy (non-hydrogen) atoms.